The monoisotopic (exact) mass is 137 g/mol. The van der Waals surface area contributed by atoms with Crippen molar-refractivity contribution in [2.75, 3.05) is 13.1 Å². The van der Waals surface area contributed by atoms with Gasteiger partial charge in [-0.1, -0.05) is 0 Å². The van der Waals surface area contributed by atoms with Crippen molar-refractivity contribution in [2.24, 2.45) is 4.99 Å². The lowest BCUT2D eigenvalue weighted by Gasteiger charge is -2.24. The average Bonchev–Trinajstić information content (AvgIpc) is 2.05. The van der Waals surface area contributed by atoms with E-state index in [-0.39, 0.29) is 0 Å². The molecule has 2 heterocycles. The molecule has 0 aromatic heterocycles. The van der Waals surface area contributed by atoms with Crippen LogP contribution in [-0.4, -0.2) is 25.5 Å². The first kappa shape index (κ1) is 5.92. The van der Waals surface area contributed by atoms with E-state index in [1.54, 1.807) is 6.34 Å². The Labute approximate surface area is 60.2 Å². The maximum Gasteiger partial charge on any atom is 0.0870 e. The first-order valence-corrected chi connectivity index (χ1v) is 3.64. The first-order chi connectivity index (χ1) is 4.97. The number of hydrogen-bond acceptors (Lipinski definition) is 3. The smallest absolute Gasteiger partial charge is 0.0870 e. The predicted molar refractivity (Wildman–Crippen MR) is 41.0 cm³/mol. The maximum atomic E-state index is 4.31. The van der Waals surface area contributed by atoms with Crippen LogP contribution in [0.5, 0.6) is 0 Å². The molecule has 0 radical (unpaired) electrons. The average molecular weight is 137 g/mol. The summed E-state index contributed by atoms with van der Waals surface area (Å²) in [6.07, 6.45) is 4.97. The van der Waals surface area contributed by atoms with Crippen molar-refractivity contribution in [1.29, 1.82) is 0 Å². The highest BCUT2D eigenvalue weighted by Gasteiger charge is 2.17. The minimum atomic E-state index is 0.461. The Bertz CT molecular complexity index is 183. The number of aliphatic imine (C=N–C) groups is 1. The fourth-order valence-corrected chi connectivity index (χ4v) is 1.37. The van der Waals surface area contributed by atoms with E-state index in [2.05, 4.69) is 15.6 Å². The van der Waals surface area contributed by atoms with Crippen molar-refractivity contribution >= 4 is 6.34 Å². The van der Waals surface area contributed by atoms with E-state index in [0.29, 0.717) is 6.04 Å². The number of fused-ring (bicyclic) bond motifs is 1. The van der Waals surface area contributed by atoms with E-state index in [1.165, 1.54) is 5.57 Å². The highest BCUT2D eigenvalue weighted by Crippen LogP contribution is 2.14. The fraction of sp³-hybridized carbons (Fsp3) is 0.571. The third kappa shape index (κ3) is 0.926. The second-order valence-corrected chi connectivity index (χ2v) is 2.65. The number of hydrogen-bond donors (Lipinski definition) is 2. The van der Waals surface area contributed by atoms with Gasteiger partial charge < -0.3 is 10.6 Å². The van der Waals surface area contributed by atoms with E-state index in [0.717, 1.165) is 19.5 Å². The predicted octanol–water partition coefficient (Wildman–Crippen LogP) is -0.136. The Balaban J connectivity index is 2.13. The zero-order chi connectivity index (χ0) is 6.81. The summed E-state index contributed by atoms with van der Waals surface area (Å²) in [5.41, 5.74) is 1.38. The molecule has 2 aliphatic heterocycles. The second kappa shape index (κ2) is 2.42. The molecule has 1 unspecified atom stereocenters. The summed E-state index contributed by atoms with van der Waals surface area (Å²) < 4.78 is 0. The Kier molecular flexibility index (Phi) is 1.43. The lowest BCUT2D eigenvalue weighted by atomic mass is 10.0. The molecule has 2 aliphatic rings. The van der Waals surface area contributed by atoms with Gasteiger partial charge in [0.25, 0.3) is 0 Å². The molecule has 54 valence electrons. The fourth-order valence-electron chi connectivity index (χ4n) is 1.37. The molecule has 0 bridgehead atoms. The third-order valence-electron chi connectivity index (χ3n) is 1.95. The molecule has 3 nitrogen and oxygen atoms in total. The van der Waals surface area contributed by atoms with Crippen molar-refractivity contribution in [2.45, 2.75) is 12.5 Å². The van der Waals surface area contributed by atoms with Crippen LogP contribution in [0.3, 0.4) is 0 Å². The summed E-state index contributed by atoms with van der Waals surface area (Å²) >= 11 is 0. The van der Waals surface area contributed by atoms with Crippen molar-refractivity contribution in [3.63, 3.8) is 0 Å². The van der Waals surface area contributed by atoms with Crippen LogP contribution in [0.2, 0.25) is 0 Å². The van der Waals surface area contributed by atoms with Crippen LogP contribution >= 0.6 is 0 Å². The summed E-state index contributed by atoms with van der Waals surface area (Å²) in [7, 11) is 0. The molecule has 10 heavy (non-hydrogen) atoms. The van der Waals surface area contributed by atoms with Gasteiger partial charge >= 0.3 is 0 Å². The number of nitrogens with zero attached hydrogens (tertiary/aromatic N) is 1. The zero-order valence-electron chi connectivity index (χ0n) is 5.80. The molecule has 3 heteroatoms. The van der Waals surface area contributed by atoms with Gasteiger partial charge in [0.2, 0.25) is 0 Å². The standard InChI is InChI=1S/C7H11N3/c1-2-8-3-6-4-9-5-10-7(1)6/h4-5,7-8H,1-3H2,(H,9,10). The van der Waals surface area contributed by atoms with Gasteiger partial charge in [-0.3, -0.25) is 4.99 Å². The quantitative estimate of drug-likeness (QED) is 0.487. The molecular weight excluding hydrogens is 126 g/mol. The molecule has 0 spiro atoms. The second-order valence-electron chi connectivity index (χ2n) is 2.65. The van der Waals surface area contributed by atoms with Gasteiger partial charge in [0.1, 0.15) is 0 Å². The van der Waals surface area contributed by atoms with Gasteiger partial charge in [0, 0.05) is 12.7 Å². The van der Waals surface area contributed by atoms with Crippen LogP contribution in [0.15, 0.2) is 16.8 Å². The molecule has 2 N–H and O–H groups in total. The zero-order valence-corrected chi connectivity index (χ0v) is 5.80. The maximum absolute atomic E-state index is 4.31. The number of piperidine rings is 1. The largest absolute Gasteiger partial charge is 0.353 e. The van der Waals surface area contributed by atoms with Gasteiger partial charge in [-0.15, -0.1) is 0 Å². The van der Waals surface area contributed by atoms with Crippen LogP contribution in [0.4, 0.5) is 0 Å². The molecule has 1 fully saturated rings. The van der Waals surface area contributed by atoms with Crippen LogP contribution in [-0.2, 0) is 0 Å². The van der Waals surface area contributed by atoms with Gasteiger partial charge in [0.05, 0.1) is 12.4 Å². The Morgan fingerprint density at radius 2 is 2.60 bits per heavy atom. The molecule has 1 saturated heterocycles. The third-order valence-corrected chi connectivity index (χ3v) is 1.95. The van der Waals surface area contributed by atoms with Crippen LogP contribution in [0, 0.1) is 0 Å². The minimum Gasteiger partial charge on any atom is -0.353 e. The molecular formula is C7H11N3. The van der Waals surface area contributed by atoms with Crippen molar-refractivity contribution in [1.82, 2.24) is 10.6 Å². The van der Waals surface area contributed by atoms with Crippen molar-refractivity contribution in [3.05, 3.63) is 11.8 Å². The lowest BCUT2D eigenvalue weighted by Crippen LogP contribution is -2.35. The topological polar surface area (TPSA) is 36.4 Å². The summed E-state index contributed by atoms with van der Waals surface area (Å²) in [5, 5.41) is 6.29. The normalized spacial score (nSPS) is 30.4. The van der Waals surface area contributed by atoms with Gasteiger partial charge in [-0.2, -0.15) is 0 Å². The van der Waals surface area contributed by atoms with Crippen molar-refractivity contribution in [3.8, 4) is 0 Å². The van der Waals surface area contributed by atoms with Crippen LogP contribution in [0.1, 0.15) is 6.42 Å². The van der Waals surface area contributed by atoms with Crippen molar-refractivity contribution < 1.29 is 0 Å². The molecule has 1 atom stereocenters. The van der Waals surface area contributed by atoms with Gasteiger partial charge in [0.15, 0.2) is 0 Å². The molecule has 0 aliphatic carbocycles. The SMILES string of the molecule is C1=NC2CCNCC2=CN1. The highest BCUT2D eigenvalue weighted by molar-refractivity contribution is 5.59. The molecule has 0 saturated carbocycles. The van der Waals surface area contributed by atoms with E-state index >= 15 is 0 Å². The first-order valence-electron chi connectivity index (χ1n) is 3.64. The molecule has 0 aromatic carbocycles. The molecule has 2 rings (SSSR count). The van der Waals surface area contributed by atoms with Gasteiger partial charge in [-0.25, -0.2) is 0 Å². The van der Waals surface area contributed by atoms with Crippen LogP contribution < -0.4 is 10.6 Å². The van der Waals surface area contributed by atoms with E-state index in [1.807, 2.05) is 6.20 Å². The van der Waals surface area contributed by atoms with E-state index in [4.69, 9.17) is 0 Å². The summed E-state index contributed by atoms with van der Waals surface area (Å²) in [6, 6.07) is 0.461. The van der Waals surface area contributed by atoms with E-state index in [9.17, 15) is 0 Å². The lowest BCUT2D eigenvalue weighted by molar-refractivity contribution is 0.544. The Hall–Kier alpha value is -0.830. The highest BCUT2D eigenvalue weighted by atomic mass is 15.0. The summed E-state index contributed by atoms with van der Waals surface area (Å²) in [4.78, 5) is 4.31. The summed E-state index contributed by atoms with van der Waals surface area (Å²) in [5.74, 6) is 0. The number of nitrogens with one attached hydrogen (secondary N) is 2. The Morgan fingerprint density at radius 3 is 3.50 bits per heavy atom. The molecule has 0 amide bonds. The summed E-state index contributed by atoms with van der Waals surface area (Å²) in [6.45, 7) is 2.09. The van der Waals surface area contributed by atoms with Gasteiger partial charge in [-0.05, 0) is 18.5 Å². The minimum absolute atomic E-state index is 0.461. The Morgan fingerprint density at radius 1 is 1.60 bits per heavy atom. The number of rotatable bonds is 0. The molecule has 0 aromatic rings. The van der Waals surface area contributed by atoms with Crippen LogP contribution in [0.25, 0.3) is 0 Å². The van der Waals surface area contributed by atoms with E-state index < -0.39 is 0 Å².